The second kappa shape index (κ2) is 18.9. The Hall–Kier alpha value is -2.86. The molecule has 0 aromatic heterocycles. The molecule has 0 bridgehead atoms. The minimum atomic E-state index is -4.14. The van der Waals surface area contributed by atoms with Crippen molar-refractivity contribution in [3.63, 3.8) is 0 Å². The van der Waals surface area contributed by atoms with Gasteiger partial charge in [0.1, 0.15) is 54.0 Å². The van der Waals surface area contributed by atoms with Crippen molar-refractivity contribution in [2.75, 3.05) is 39.9 Å². The molecular formula is C36H55BrO12P2Si. The van der Waals surface area contributed by atoms with E-state index in [1.165, 1.54) is 14.2 Å². The number of carbonyl (C=O) groups is 2. The van der Waals surface area contributed by atoms with Gasteiger partial charge >= 0.3 is 19.5 Å². The van der Waals surface area contributed by atoms with Crippen LogP contribution in [0, 0.1) is 13.8 Å². The summed E-state index contributed by atoms with van der Waals surface area (Å²) in [5.41, 5.74) is 5.61. The van der Waals surface area contributed by atoms with Crippen LogP contribution in [0.3, 0.4) is 0 Å². The summed E-state index contributed by atoms with van der Waals surface area (Å²) >= 11 is 3.51. The molecule has 2 aromatic carbocycles. The van der Waals surface area contributed by atoms with Crippen LogP contribution in [0.1, 0.15) is 75.4 Å². The van der Waals surface area contributed by atoms with Gasteiger partial charge in [0.25, 0.3) is 0 Å². The minimum Gasteiger partial charge on any atom is -0.507 e. The van der Waals surface area contributed by atoms with Crippen molar-refractivity contribution in [1.29, 1.82) is 0 Å². The van der Waals surface area contributed by atoms with Crippen molar-refractivity contribution in [3.8, 4) is 23.0 Å². The number of halogens is 1. The van der Waals surface area contributed by atoms with Crippen LogP contribution >= 0.6 is 30.0 Å². The Morgan fingerprint density at radius 3 is 1.40 bits per heavy atom. The van der Waals surface area contributed by atoms with Crippen molar-refractivity contribution in [2.45, 2.75) is 80.8 Å². The van der Waals surface area contributed by atoms with E-state index in [4.69, 9.17) is 28.7 Å². The zero-order valence-electron chi connectivity index (χ0n) is 31.2. The van der Waals surface area contributed by atoms with Gasteiger partial charge in [-0.2, -0.15) is 0 Å². The molecule has 2 aliphatic heterocycles. The number of cyclic esters (lactones) is 2. The molecule has 0 spiro atoms. The van der Waals surface area contributed by atoms with Crippen molar-refractivity contribution < 1.29 is 57.7 Å². The second-order valence-electron chi connectivity index (χ2n) is 14.0. The molecule has 12 nitrogen and oxygen atoms in total. The Kier molecular flexibility index (Phi) is 17.2. The van der Waals surface area contributed by atoms with Gasteiger partial charge in [-0.25, -0.2) is 9.59 Å². The lowest BCUT2D eigenvalue weighted by atomic mass is 9.95. The molecule has 0 radical (unpaired) electrons. The van der Waals surface area contributed by atoms with Crippen LogP contribution < -0.4 is 9.47 Å². The van der Waals surface area contributed by atoms with Gasteiger partial charge in [0.2, 0.25) is 0 Å². The highest BCUT2D eigenvalue weighted by atomic mass is 79.9. The van der Waals surface area contributed by atoms with Gasteiger partial charge in [-0.3, -0.25) is 4.57 Å². The quantitative estimate of drug-likeness (QED) is 0.0589. The molecule has 0 fully saturated rings. The van der Waals surface area contributed by atoms with Crippen molar-refractivity contribution in [1.82, 2.24) is 0 Å². The standard InChI is InChI=1S/C17H23O5P.C15H19O7P.C3H9BrSi.CH4/c1-10(9-23(4,5)20)6-7-12-15(18)14-13(8-22-17(14)19)11(2)16(12)21-3;1-8(7-23(18,19)20)4-5-10-13(16)12-11(6-22-15(12)17)9(2)14(10)21-3;1-5(2,3)4;/h6,18H,7-9H2,1-5H3;4,16H,5-7H2,1-3H3,(H2,18,19,20);1-3H3;1H4/b10-6+;8-4+;;. The van der Waals surface area contributed by atoms with Crippen LogP contribution in [0.2, 0.25) is 19.6 Å². The fourth-order valence-corrected chi connectivity index (χ4v) is 7.77. The molecule has 2 aromatic rings. The third-order valence-corrected chi connectivity index (χ3v) is 9.86. The Balaban J connectivity index is 0.000000452. The van der Waals surface area contributed by atoms with Crippen LogP contribution in [-0.4, -0.2) is 78.5 Å². The zero-order valence-corrected chi connectivity index (χ0v) is 35.6. The topological polar surface area (TPSA) is 186 Å². The fraction of sp³-hybridized carbons (Fsp3) is 0.500. The highest BCUT2D eigenvalue weighted by Crippen LogP contribution is 2.44. The number of fused-ring (bicyclic) bond motifs is 2. The number of carbonyl (C=O) groups excluding carboxylic acids is 2. The Labute approximate surface area is 316 Å². The van der Waals surface area contributed by atoms with E-state index in [0.717, 1.165) is 11.1 Å². The van der Waals surface area contributed by atoms with Crippen molar-refractivity contribution in [2.24, 2.45) is 0 Å². The van der Waals surface area contributed by atoms with Crippen LogP contribution in [0.25, 0.3) is 0 Å². The Bertz CT molecular complexity index is 1690. The average Bonchev–Trinajstić information content (AvgIpc) is 3.56. The first kappa shape index (κ1) is 47.2. The second-order valence-corrected chi connectivity index (χ2v) is 30.3. The summed E-state index contributed by atoms with van der Waals surface area (Å²) in [7, 11) is -3.29. The molecule has 0 saturated heterocycles. The summed E-state index contributed by atoms with van der Waals surface area (Å²) in [5, 5.41) is 20.9. The summed E-state index contributed by atoms with van der Waals surface area (Å²) in [6, 6.07) is 0. The third-order valence-electron chi connectivity index (χ3n) is 7.69. The van der Waals surface area contributed by atoms with Crippen LogP contribution in [0.5, 0.6) is 23.0 Å². The molecule has 0 saturated carbocycles. The number of phenols is 2. The molecule has 0 unspecified atom stereocenters. The Morgan fingerprint density at radius 2 is 1.12 bits per heavy atom. The molecule has 2 heterocycles. The zero-order chi connectivity index (χ0) is 39.2. The third kappa shape index (κ3) is 13.2. The maximum absolute atomic E-state index is 11.9. The van der Waals surface area contributed by atoms with E-state index in [9.17, 15) is 28.9 Å². The monoisotopic (exact) mass is 848 g/mol. The van der Waals surface area contributed by atoms with E-state index in [1.807, 2.05) is 19.9 Å². The van der Waals surface area contributed by atoms with Crippen LogP contribution in [0.15, 0.2) is 23.3 Å². The molecule has 0 atom stereocenters. The van der Waals surface area contributed by atoms with Gasteiger partial charge < -0.3 is 43.5 Å². The van der Waals surface area contributed by atoms with Crippen molar-refractivity contribution >= 4 is 48.7 Å². The molecule has 52 heavy (non-hydrogen) atoms. The maximum Gasteiger partial charge on any atom is 0.342 e. The number of methoxy groups -OCH3 is 2. The van der Waals surface area contributed by atoms with E-state index in [2.05, 4.69) is 34.9 Å². The molecule has 2 aliphatic rings. The lowest BCUT2D eigenvalue weighted by Gasteiger charge is -2.16. The summed E-state index contributed by atoms with van der Waals surface area (Å²) in [5.74, 6) is -0.354. The first-order chi connectivity index (χ1) is 23.3. The van der Waals surface area contributed by atoms with Crippen LogP contribution in [-0.2, 0) is 44.7 Å². The lowest BCUT2D eigenvalue weighted by molar-refractivity contribution is 0.0523. The normalized spacial score (nSPS) is 14.1. The minimum absolute atomic E-state index is 0. The highest BCUT2D eigenvalue weighted by molar-refractivity contribution is 9.26. The molecule has 0 amide bonds. The van der Waals surface area contributed by atoms with Gasteiger partial charge in [0.15, 0.2) is 0 Å². The number of benzene rings is 2. The van der Waals surface area contributed by atoms with E-state index >= 15 is 0 Å². The van der Waals surface area contributed by atoms with Gasteiger partial charge in [0, 0.05) is 28.4 Å². The summed E-state index contributed by atoms with van der Waals surface area (Å²) < 4.78 is 43.7. The van der Waals surface area contributed by atoms with Gasteiger partial charge in [0.05, 0.1) is 27.5 Å². The molecule has 4 N–H and O–H groups in total. The highest BCUT2D eigenvalue weighted by Gasteiger charge is 2.33. The number of esters is 2. The smallest absolute Gasteiger partial charge is 0.342 e. The maximum atomic E-state index is 11.9. The predicted molar refractivity (Wildman–Crippen MR) is 212 cm³/mol. The summed E-state index contributed by atoms with van der Waals surface area (Å²) in [6.45, 7) is 16.8. The molecule has 16 heteroatoms. The lowest BCUT2D eigenvalue weighted by Crippen LogP contribution is -2.05. The number of rotatable bonds is 10. The molecular weight excluding hydrogens is 794 g/mol. The van der Waals surface area contributed by atoms with E-state index < -0.39 is 33.4 Å². The van der Waals surface area contributed by atoms with Gasteiger partial charge in [-0.15, -0.1) is 15.3 Å². The number of phenolic OH excluding ortho intramolecular Hbond substituents is 2. The number of hydrogen-bond acceptors (Lipinski definition) is 10. The largest absolute Gasteiger partial charge is 0.507 e. The fourth-order valence-electron chi connectivity index (χ4n) is 5.66. The number of ether oxygens (including phenoxy) is 4. The van der Waals surface area contributed by atoms with Crippen LogP contribution in [0.4, 0.5) is 0 Å². The Morgan fingerprint density at radius 1 is 0.788 bits per heavy atom. The molecule has 4 rings (SSSR count). The SMILES string of the molecule is C.COc1c(C)c2c(c(O)c1C/C=C(\C)CP(=O)(O)O)C(=O)OC2.COc1c(C)c2c(c(O)c1C/C=C(\C)CP(C)(C)=O)C(=O)OC2.C[Si](C)(C)Br. The first-order valence-corrected chi connectivity index (χ1v) is 26.4. The molecule has 292 valence electrons. The molecule has 0 aliphatic carbocycles. The summed E-state index contributed by atoms with van der Waals surface area (Å²) in [4.78, 5) is 41.6. The number of aromatic hydroxyl groups is 2. The summed E-state index contributed by atoms with van der Waals surface area (Å²) in [6.07, 6.45) is 4.28. The number of hydrogen-bond donors (Lipinski definition) is 4. The number of allylic oxidation sites excluding steroid dienone is 4. The van der Waals surface area contributed by atoms with Gasteiger partial charge in [-0.05, 0) is 65.0 Å². The first-order valence-electron chi connectivity index (χ1n) is 16.1. The van der Waals surface area contributed by atoms with E-state index in [1.54, 1.807) is 33.3 Å². The van der Waals surface area contributed by atoms with Gasteiger partial charge in [-0.1, -0.05) is 50.4 Å². The average molecular weight is 850 g/mol. The van der Waals surface area contributed by atoms with Crippen molar-refractivity contribution in [3.05, 3.63) is 67.8 Å². The van der Waals surface area contributed by atoms with E-state index in [-0.39, 0.29) is 55.8 Å². The predicted octanol–water partition coefficient (Wildman–Crippen LogP) is 8.39. The van der Waals surface area contributed by atoms with E-state index in [0.29, 0.717) is 57.5 Å².